The number of ether oxygens (including phenoxy) is 2. The number of hydrogen-bond donors (Lipinski definition) is 1. The van der Waals surface area contributed by atoms with E-state index in [4.69, 9.17) is 9.47 Å². The first-order valence-electron chi connectivity index (χ1n) is 10.4. The molecule has 0 saturated carbocycles. The third-order valence-electron chi connectivity index (χ3n) is 4.88. The van der Waals surface area contributed by atoms with Gasteiger partial charge in [0.05, 0.1) is 18.0 Å². The van der Waals surface area contributed by atoms with E-state index >= 15 is 0 Å². The predicted octanol–water partition coefficient (Wildman–Crippen LogP) is 4.97. The van der Waals surface area contributed by atoms with Crippen molar-refractivity contribution in [1.82, 2.24) is 14.8 Å². The minimum Gasteiger partial charge on any atom is -0.495 e. The number of nitrogens with zero attached hydrogens (tertiary/aromatic N) is 3. The summed E-state index contributed by atoms with van der Waals surface area (Å²) in [6, 6.07) is 24.9. The minimum atomic E-state index is -0.392. The maximum absolute atomic E-state index is 12.8. The molecule has 0 aliphatic rings. The monoisotopic (exact) mass is 460 g/mol. The zero-order valence-electron chi connectivity index (χ0n) is 18.3. The first-order valence-corrected chi connectivity index (χ1v) is 11.3. The Hall–Kier alpha value is -3.78. The van der Waals surface area contributed by atoms with Gasteiger partial charge in [0.2, 0.25) is 5.91 Å². The molecule has 168 valence electrons. The van der Waals surface area contributed by atoms with Crippen molar-refractivity contribution in [2.24, 2.45) is 0 Å². The fourth-order valence-electron chi connectivity index (χ4n) is 3.13. The average molecular weight is 461 g/mol. The molecule has 0 aliphatic carbocycles. The molecule has 0 spiro atoms. The van der Waals surface area contributed by atoms with Crippen LogP contribution in [-0.2, 0) is 11.4 Å². The molecule has 0 bridgehead atoms. The van der Waals surface area contributed by atoms with Crippen molar-refractivity contribution in [2.45, 2.75) is 23.9 Å². The second kappa shape index (κ2) is 10.7. The first kappa shape index (κ1) is 22.4. The van der Waals surface area contributed by atoms with Gasteiger partial charge >= 0.3 is 0 Å². The van der Waals surface area contributed by atoms with Crippen LogP contribution in [-0.4, -0.2) is 33.0 Å². The summed E-state index contributed by atoms with van der Waals surface area (Å²) in [4.78, 5) is 12.8. The van der Waals surface area contributed by atoms with Crippen molar-refractivity contribution in [2.75, 3.05) is 12.4 Å². The Balaban J connectivity index is 1.35. The highest BCUT2D eigenvalue weighted by Crippen LogP contribution is 2.29. The van der Waals surface area contributed by atoms with E-state index in [1.165, 1.54) is 11.8 Å². The number of thioether (sulfide) groups is 1. The lowest BCUT2D eigenvalue weighted by Gasteiger charge is -2.14. The highest BCUT2D eigenvalue weighted by Gasteiger charge is 2.19. The maximum Gasteiger partial charge on any atom is 0.237 e. The molecule has 33 heavy (non-hydrogen) atoms. The summed E-state index contributed by atoms with van der Waals surface area (Å²) in [6.07, 6.45) is 1.61. The lowest BCUT2D eigenvalue weighted by atomic mass is 10.2. The summed E-state index contributed by atoms with van der Waals surface area (Å²) in [5.41, 5.74) is 2.61. The molecule has 8 heteroatoms. The summed E-state index contributed by atoms with van der Waals surface area (Å²) in [5, 5.41) is 11.3. The molecular formula is C25H24N4O3S. The van der Waals surface area contributed by atoms with Gasteiger partial charge in [0.25, 0.3) is 0 Å². The second-order valence-corrected chi connectivity index (χ2v) is 8.51. The number of nitrogens with one attached hydrogen (secondary N) is 1. The Bertz CT molecular complexity index is 1200. The molecule has 4 rings (SSSR count). The van der Waals surface area contributed by atoms with Gasteiger partial charge in [-0.1, -0.05) is 54.2 Å². The summed E-state index contributed by atoms with van der Waals surface area (Å²) in [5.74, 6) is 1.31. The van der Waals surface area contributed by atoms with Crippen LogP contribution in [0.1, 0.15) is 12.5 Å². The Morgan fingerprint density at radius 2 is 1.76 bits per heavy atom. The number of para-hydroxylation sites is 2. The van der Waals surface area contributed by atoms with Crippen LogP contribution >= 0.6 is 11.8 Å². The van der Waals surface area contributed by atoms with E-state index in [9.17, 15) is 4.79 Å². The van der Waals surface area contributed by atoms with Crippen LogP contribution in [0.2, 0.25) is 0 Å². The highest BCUT2D eigenvalue weighted by atomic mass is 32.2. The van der Waals surface area contributed by atoms with Crippen molar-refractivity contribution < 1.29 is 14.3 Å². The number of carbonyl (C=O) groups excluding carboxylic acids is 1. The Morgan fingerprint density at radius 3 is 2.52 bits per heavy atom. The van der Waals surface area contributed by atoms with Gasteiger partial charge in [-0.2, -0.15) is 0 Å². The van der Waals surface area contributed by atoms with Crippen LogP contribution in [0.4, 0.5) is 5.69 Å². The topological polar surface area (TPSA) is 78.3 Å². The van der Waals surface area contributed by atoms with Crippen molar-refractivity contribution >= 4 is 23.4 Å². The summed E-state index contributed by atoms with van der Waals surface area (Å²) in [6.45, 7) is 2.33. The van der Waals surface area contributed by atoms with Crippen molar-refractivity contribution in [3.63, 3.8) is 0 Å². The molecule has 1 unspecified atom stereocenters. The largest absolute Gasteiger partial charge is 0.495 e. The fourth-order valence-corrected chi connectivity index (χ4v) is 3.97. The van der Waals surface area contributed by atoms with Gasteiger partial charge in [-0.3, -0.25) is 9.36 Å². The normalized spacial score (nSPS) is 11.6. The predicted molar refractivity (Wildman–Crippen MR) is 129 cm³/mol. The molecule has 0 radical (unpaired) electrons. The number of hydrogen-bond acceptors (Lipinski definition) is 6. The van der Waals surface area contributed by atoms with E-state index < -0.39 is 5.25 Å². The molecular weight excluding hydrogens is 436 g/mol. The molecule has 1 heterocycles. The number of benzene rings is 3. The van der Waals surface area contributed by atoms with Crippen LogP contribution < -0.4 is 14.8 Å². The number of anilines is 1. The summed E-state index contributed by atoms with van der Waals surface area (Å²) >= 11 is 1.32. The van der Waals surface area contributed by atoms with Crippen molar-refractivity contribution in [3.05, 3.63) is 90.8 Å². The van der Waals surface area contributed by atoms with E-state index in [2.05, 4.69) is 15.5 Å². The molecule has 1 atom stereocenters. The van der Waals surface area contributed by atoms with E-state index in [0.717, 1.165) is 17.0 Å². The van der Waals surface area contributed by atoms with Crippen LogP contribution in [0.15, 0.2) is 90.3 Å². The van der Waals surface area contributed by atoms with Crippen LogP contribution in [0.25, 0.3) is 5.69 Å². The van der Waals surface area contributed by atoms with Gasteiger partial charge < -0.3 is 14.8 Å². The standard InChI is InChI=1S/C25H24N4O3S/c1-18(33-25-28-26-17-29(25)22-10-6-7-11-23(22)31-2)24(30)27-20-12-14-21(15-13-20)32-16-19-8-4-3-5-9-19/h3-15,17-18H,16H2,1-2H3,(H,27,30). The van der Waals surface area contributed by atoms with Crippen LogP contribution in [0.5, 0.6) is 11.5 Å². The fraction of sp³-hybridized carbons (Fsp3) is 0.160. The van der Waals surface area contributed by atoms with Crippen LogP contribution in [0, 0.1) is 0 Å². The highest BCUT2D eigenvalue weighted by molar-refractivity contribution is 8.00. The van der Waals surface area contributed by atoms with Crippen molar-refractivity contribution in [3.8, 4) is 17.2 Å². The Labute approximate surface area is 196 Å². The van der Waals surface area contributed by atoms with Crippen molar-refractivity contribution in [1.29, 1.82) is 0 Å². The van der Waals surface area contributed by atoms with Crippen LogP contribution in [0.3, 0.4) is 0 Å². The average Bonchev–Trinajstić information content (AvgIpc) is 3.32. The molecule has 3 aromatic carbocycles. The number of methoxy groups -OCH3 is 1. The van der Waals surface area contributed by atoms with Gasteiger partial charge in [0.1, 0.15) is 24.4 Å². The van der Waals surface area contributed by atoms with E-state index in [0.29, 0.717) is 23.2 Å². The number of aromatic nitrogens is 3. The first-order chi connectivity index (χ1) is 16.1. The number of carbonyl (C=O) groups is 1. The summed E-state index contributed by atoms with van der Waals surface area (Å²) < 4.78 is 13.0. The SMILES string of the molecule is COc1ccccc1-n1cnnc1SC(C)C(=O)Nc1ccc(OCc2ccccc2)cc1. The molecule has 7 nitrogen and oxygen atoms in total. The lowest BCUT2D eigenvalue weighted by molar-refractivity contribution is -0.115. The zero-order chi connectivity index (χ0) is 23.0. The molecule has 0 aliphatic heterocycles. The van der Waals surface area contributed by atoms with Gasteiger partial charge in [-0.05, 0) is 48.9 Å². The third-order valence-corrected chi connectivity index (χ3v) is 5.94. The van der Waals surface area contributed by atoms with Gasteiger partial charge in [0, 0.05) is 5.69 Å². The molecule has 1 aromatic heterocycles. The smallest absolute Gasteiger partial charge is 0.237 e. The molecule has 1 N–H and O–H groups in total. The Morgan fingerprint density at radius 1 is 1.03 bits per heavy atom. The Kier molecular flexibility index (Phi) is 7.26. The zero-order valence-corrected chi connectivity index (χ0v) is 19.2. The molecule has 4 aromatic rings. The van der Waals surface area contributed by atoms with E-state index in [-0.39, 0.29) is 5.91 Å². The maximum atomic E-state index is 12.8. The quantitative estimate of drug-likeness (QED) is 0.355. The summed E-state index contributed by atoms with van der Waals surface area (Å²) in [7, 11) is 1.62. The third kappa shape index (κ3) is 5.72. The molecule has 0 fully saturated rings. The number of amides is 1. The molecule has 1 amide bonds. The molecule has 0 saturated heterocycles. The number of rotatable bonds is 9. The second-order valence-electron chi connectivity index (χ2n) is 7.20. The van der Waals surface area contributed by atoms with Gasteiger partial charge in [-0.25, -0.2) is 0 Å². The van der Waals surface area contributed by atoms with E-state index in [1.54, 1.807) is 13.4 Å². The van der Waals surface area contributed by atoms with Gasteiger partial charge in [-0.15, -0.1) is 10.2 Å². The minimum absolute atomic E-state index is 0.132. The van der Waals surface area contributed by atoms with E-state index in [1.807, 2.05) is 90.4 Å². The lowest BCUT2D eigenvalue weighted by Crippen LogP contribution is -2.22. The van der Waals surface area contributed by atoms with Gasteiger partial charge in [0.15, 0.2) is 5.16 Å².